The van der Waals surface area contributed by atoms with Crippen molar-refractivity contribution in [2.75, 3.05) is 6.61 Å². The van der Waals surface area contributed by atoms with Gasteiger partial charge < -0.3 is 24.9 Å². The summed E-state index contributed by atoms with van der Waals surface area (Å²) in [7, 11) is -1.67. The molecule has 1 aromatic heterocycles. The van der Waals surface area contributed by atoms with Crippen LogP contribution in [0.3, 0.4) is 0 Å². The van der Waals surface area contributed by atoms with Gasteiger partial charge in [0.05, 0.1) is 30.6 Å². The fourth-order valence-corrected chi connectivity index (χ4v) is 3.67. The van der Waals surface area contributed by atoms with Gasteiger partial charge in [-0.25, -0.2) is 0 Å². The van der Waals surface area contributed by atoms with Crippen molar-refractivity contribution >= 4 is 18.7 Å². The van der Waals surface area contributed by atoms with Gasteiger partial charge in [0.2, 0.25) is 5.60 Å². The SMILES string of the molecule is CC(C)C[C@H](NC(=O)C1(Cc2ccccc2)CC(COCc2ccccn2)=NO1)B(O)O. The van der Waals surface area contributed by atoms with Crippen LogP contribution in [0, 0.1) is 5.92 Å². The Bertz CT molecular complexity index is 895. The zero-order valence-electron chi connectivity index (χ0n) is 18.5. The molecule has 2 atom stereocenters. The standard InChI is InChI=1S/C23H30BN3O5/c1-17(2)12-21(24(29)30)26-22(28)23(13-18-8-4-3-5-9-18)14-20(27-32-23)16-31-15-19-10-6-7-11-25-19/h3-11,17,21,29-30H,12-16H2,1-2H3,(H,26,28)/t21-,23?/m0/s1. The fraction of sp³-hybridized carbons (Fsp3) is 0.435. The first-order chi connectivity index (χ1) is 15.4. The number of benzene rings is 1. The van der Waals surface area contributed by atoms with E-state index in [9.17, 15) is 14.8 Å². The van der Waals surface area contributed by atoms with Crippen molar-refractivity contribution in [3.8, 4) is 0 Å². The minimum absolute atomic E-state index is 0.170. The quantitative estimate of drug-likeness (QED) is 0.461. The van der Waals surface area contributed by atoms with E-state index in [4.69, 9.17) is 9.57 Å². The molecule has 8 nitrogen and oxygen atoms in total. The number of pyridine rings is 1. The average molecular weight is 439 g/mol. The lowest BCUT2D eigenvalue weighted by Gasteiger charge is -2.29. The normalized spacial score (nSPS) is 18.7. The van der Waals surface area contributed by atoms with Crippen LogP contribution in [-0.4, -0.2) is 51.9 Å². The third-order valence-electron chi connectivity index (χ3n) is 5.23. The Morgan fingerprint density at radius 1 is 1.19 bits per heavy atom. The van der Waals surface area contributed by atoms with Crippen molar-refractivity contribution in [1.82, 2.24) is 10.3 Å². The smallest absolute Gasteiger partial charge is 0.426 e. The fourth-order valence-electron chi connectivity index (χ4n) is 3.67. The van der Waals surface area contributed by atoms with Crippen LogP contribution < -0.4 is 5.32 Å². The van der Waals surface area contributed by atoms with Crippen LogP contribution in [0.2, 0.25) is 0 Å². The summed E-state index contributed by atoms with van der Waals surface area (Å²) in [6, 6.07) is 15.1. The van der Waals surface area contributed by atoms with Gasteiger partial charge in [0, 0.05) is 19.0 Å². The van der Waals surface area contributed by atoms with E-state index in [0.29, 0.717) is 25.2 Å². The van der Waals surface area contributed by atoms with Crippen molar-refractivity contribution in [2.24, 2.45) is 11.1 Å². The lowest BCUT2D eigenvalue weighted by atomic mass is 9.74. The monoisotopic (exact) mass is 439 g/mol. The average Bonchev–Trinajstić information content (AvgIpc) is 3.18. The van der Waals surface area contributed by atoms with Crippen LogP contribution >= 0.6 is 0 Å². The van der Waals surface area contributed by atoms with Gasteiger partial charge in [-0.1, -0.05) is 55.4 Å². The summed E-state index contributed by atoms with van der Waals surface area (Å²) in [6.07, 6.45) is 2.66. The van der Waals surface area contributed by atoms with Gasteiger partial charge >= 0.3 is 7.12 Å². The number of carbonyl (C=O) groups is 1. The third kappa shape index (κ3) is 6.62. The highest BCUT2D eigenvalue weighted by atomic mass is 16.7. The van der Waals surface area contributed by atoms with Gasteiger partial charge in [-0.3, -0.25) is 9.78 Å². The molecular weight excluding hydrogens is 409 g/mol. The summed E-state index contributed by atoms with van der Waals surface area (Å²) in [5.41, 5.74) is 1.04. The van der Waals surface area contributed by atoms with E-state index in [1.807, 2.05) is 62.4 Å². The molecule has 1 amide bonds. The second-order valence-corrected chi connectivity index (χ2v) is 8.52. The number of amides is 1. The van der Waals surface area contributed by atoms with Gasteiger partial charge in [-0.15, -0.1) is 0 Å². The molecule has 2 heterocycles. The maximum Gasteiger partial charge on any atom is 0.475 e. The Labute approximate surface area is 188 Å². The van der Waals surface area contributed by atoms with Gasteiger partial charge in [0.1, 0.15) is 0 Å². The summed E-state index contributed by atoms with van der Waals surface area (Å²) in [5.74, 6) is -1.06. The number of oxime groups is 1. The van der Waals surface area contributed by atoms with Crippen molar-refractivity contribution in [2.45, 2.75) is 51.3 Å². The molecule has 2 aromatic rings. The predicted molar refractivity (Wildman–Crippen MR) is 121 cm³/mol. The molecule has 1 unspecified atom stereocenters. The van der Waals surface area contributed by atoms with Gasteiger partial charge in [-0.05, 0) is 30.0 Å². The van der Waals surface area contributed by atoms with E-state index in [1.165, 1.54) is 0 Å². The van der Waals surface area contributed by atoms with E-state index in [2.05, 4.69) is 15.5 Å². The summed E-state index contributed by atoms with van der Waals surface area (Å²) in [5, 5.41) is 26.4. The van der Waals surface area contributed by atoms with Crippen LogP contribution in [0.1, 0.15) is 37.9 Å². The zero-order chi connectivity index (χ0) is 23.0. The van der Waals surface area contributed by atoms with Crippen LogP contribution in [0.15, 0.2) is 59.9 Å². The largest absolute Gasteiger partial charge is 0.475 e. The number of rotatable bonds is 11. The molecule has 32 heavy (non-hydrogen) atoms. The lowest BCUT2D eigenvalue weighted by Crippen LogP contribution is -2.56. The second kappa shape index (κ2) is 11.2. The van der Waals surface area contributed by atoms with E-state index in [1.54, 1.807) is 6.20 Å². The number of aromatic nitrogens is 1. The maximum absolute atomic E-state index is 13.3. The van der Waals surface area contributed by atoms with Gasteiger partial charge in [0.25, 0.3) is 5.91 Å². The molecule has 0 radical (unpaired) electrons. The Morgan fingerprint density at radius 2 is 1.94 bits per heavy atom. The number of carbonyl (C=O) groups excluding carboxylic acids is 1. The van der Waals surface area contributed by atoms with E-state index < -0.39 is 24.6 Å². The first-order valence-electron chi connectivity index (χ1n) is 10.8. The number of ether oxygens (including phenoxy) is 1. The van der Waals surface area contributed by atoms with Crippen molar-refractivity contribution in [3.63, 3.8) is 0 Å². The number of hydrogen-bond acceptors (Lipinski definition) is 7. The first-order valence-corrected chi connectivity index (χ1v) is 10.8. The highest BCUT2D eigenvalue weighted by Gasteiger charge is 2.48. The van der Waals surface area contributed by atoms with E-state index >= 15 is 0 Å². The molecule has 1 aliphatic rings. The van der Waals surface area contributed by atoms with Crippen LogP contribution in [0.5, 0.6) is 0 Å². The van der Waals surface area contributed by atoms with Crippen molar-refractivity contribution in [3.05, 3.63) is 66.0 Å². The number of nitrogens with one attached hydrogen (secondary N) is 1. The first kappa shape index (κ1) is 23.9. The van der Waals surface area contributed by atoms with Crippen LogP contribution in [-0.2, 0) is 27.4 Å². The van der Waals surface area contributed by atoms with E-state index in [-0.39, 0.29) is 18.9 Å². The molecule has 0 aliphatic carbocycles. The molecule has 0 saturated carbocycles. The Balaban J connectivity index is 1.69. The highest BCUT2D eigenvalue weighted by molar-refractivity contribution is 6.43. The Kier molecular flexibility index (Phi) is 8.38. The summed E-state index contributed by atoms with van der Waals surface area (Å²) in [6.45, 7) is 4.43. The zero-order valence-corrected chi connectivity index (χ0v) is 18.5. The Hall–Kier alpha value is -2.75. The molecule has 0 fully saturated rings. The molecule has 170 valence electrons. The highest BCUT2D eigenvalue weighted by Crippen LogP contribution is 2.29. The summed E-state index contributed by atoms with van der Waals surface area (Å²) >= 11 is 0. The molecule has 3 N–H and O–H groups in total. The van der Waals surface area contributed by atoms with Crippen molar-refractivity contribution < 1.29 is 24.4 Å². The number of hydrogen-bond donors (Lipinski definition) is 3. The summed E-state index contributed by atoms with van der Waals surface area (Å²) in [4.78, 5) is 23.3. The second-order valence-electron chi connectivity index (χ2n) is 8.52. The topological polar surface area (TPSA) is 113 Å². The molecule has 3 rings (SSSR count). The van der Waals surface area contributed by atoms with Crippen LogP contribution in [0.4, 0.5) is 0 Å². The summed E-state index contributed by atoms with van der Waals surface area (Å²) < 4.78 is 5.71. The van der Waals surface area contributed by atoms with Crippen LogP contribution in [0.25, 0.3) is 0 Å². The molecule has 1 aromatic carbocycles. The van der Waals surface area contributed by atoms with Crippen molar-refractivity contribution in [1.29, 1.82) is 0 Å². The van der Waals surface area contributed by atoms with Gasteiger partial charge in [0.15, 0.2) is 0 Å². The minimum Gasteiger partial charge on any atom is -0.426 e. The molecule has 9 heteroatoms. The third-order valence-corrected chi connectivity index (χ3v) is 5.23. The van der Waals surface area contributed by atoms with Gasteiger partial charge in [-0.2, -0.15) is 0 Å². The molecular formula is C23H30BN3O5. The molecule has 0 saturated heterocycles. The Morgan fingerprint density at radius 3 is 2.59 bits per heavy atom. The molecule has 0 bridgehead atoms. The lowest BCUT2D eigenvalue weighted by molar-refractivity contribution is -0.144. The molecule has 0 spiro atoms. The molecule has 1 aliphatic heterocycles. The minimum atomic E-state index is -1.67. The van der Waals surface area contributed by atoms with E-state index in [0.717, 1.165) is 11.3 Å². The number of nitrogens with zero attached hydrogens (tertiary/aromatic N) is 2. The maximum atomic E-state index is 13.3. The predicted octanol–water partition coefficient (Wildman–Crippen LogP) is 1.90.